The Hall–Kier alpha value is -1.27. The molecule has 0 radical (unpaired) electrons. The second-order valence-corrected chi connectivity index (χ2v) is 6.49. The van der Waals surface area contributed by atoms with Gasteiger partial charge in [-0.1, -0.05) is 12.8 Å². The monoisotopic (exact) mass is 270 g/mol. The van der Waals surface area contributed by atoms with Gasteiger partial charge in [0.15, 0.2) is 0 Å². The van der Waals surface area contributed by atoms with Crippen LogP contribution in [0.1, 0.15) is 25.7 Å². The first-order valence-corrected chi connectivity index (χ1v) is 7.55. The van der Waals surface area contributed by atoms with Crippen molar-refractivity contribution in [3.8, 4) is 5.75 Å². The molecule has 0 heterocycles. The number of nitrogens with two attached hydrogens (primary N) is 1. The Bertz CT molecular complexity index is 522. The minimum atomic E-state index is -3.53. The van der Waals surface area contributed by atoms with E-state index in [1.807, 2.05) is 0 Å². The molecule has 0 spiro atoms. The lowest BCUT2D eigenvalue weighted by Crippen LogP contribution is -2.28. The highest BCUT2D eigenvalue weighted by Crippen LogP contribution is 2.25. The Balaban J connectivity index is 2.07. The first-order chi connectivity index (χ1) is 8.49. The number of nitrogens with one attached hydrogen (secondary N) is 1. The standard InChI is InChI=1S/C12H18N2O3S/c13-11-7-10(5-6-12(11)15)18(16,17)14-8-9-3-1-2-4-9/h5-7,9,14-15H,1-4,8,13H2. The van der Waals surface area contributed by atoms with Crippen LogP contribution < -0.4 is 10.5 Å². The smallest absolute Gasteiger partial charge is 0.240 e. The molecule has 0 atom stereocenters. The summed E-state index contributed by atoms with van der Waals surface area (Å²) < 4.78 is 26.6. The number of anilines is 1. The van der Waals surface area contributed by atoms with Gasteiger partial charge in [-0.05, 0) is 37.0 Å². The van der Waals surface area contributed by atoms with Crippen molar-refractivity contribution in [2.75, 3.05) is 12.3 Å². The molecule has 0 bridgehead atoms. The summed E-state index contributed by atoms with van der Waals surface area (Å²) in [7, 11) is -3.53. The number of benzene rings is 1. The molecule has 1 fully saturated rings. The van der Waals surface area contributed by atoms with E-state index in [0.29, 0.717) is 12.5 Å². The topological polar surface area (TPSA) is 92.4 Å². The Morgan fingerprint density at radius 1 is 1.33 bits per heavy atom. The van der Waals surface area contributed by atoms with E-state index < -0.39 is 10.0 Å². The van der Waals surface area contributed by atoms with Crippen molar-refractivity contribution in [1.82, 2.24) is 4.72 Å². The Morgan fingerprint density at radius 2 is 2.00 bits per heavy atom. The van der Waals surface area contributed by atoms with Crippen molar-refractivity contribution >= 4 is 15.7 Å². The predicted molar refractivity (Wildman–Crippen MR) is 69.7 cm³/mol. The first-order valence-electron chi connectivity index (χ1n) is 6.07. The van der Waals surface area contributed by atoms with Gasteiger partial charge in [0, 0.05) is 6.54 Å². The molecule has 0 saturated heterocycles. The van der Waals surface area contributed by atoms with Crippen LogP contribution in [0.3, 0.4) is 0 Å². The molecule has 1 aliphatic carbocycles. The molecule has 0 unspecified atom stereocenters. The molecule has 5 nitrogen and oxygen atoms in total. The zero-order chi connectivity index (χ0) is 13.2. The van der Waals surface area contributed by atoms with E-state index in [0.717, 1.165) is 12.8 Å². The van der Waals surface area contributed by atoms with Crippen LogP contribution in [0.5, 0.6) is 5.75 Å². The molecular weight excluding hydrogens is 252 g/mol. The lowest BCUT2D eigenvalue weighted by Gasteiger charge is -2.11. The number of nitrogen functional groups attached to an aromatic ring is 1. The van der Waals surface area contributed by atoms with Gasteiger partial charge < -0.3 is 10.8 Å². The summed E-state index contributed by atoms with van der Waals surface area (Å²) in [5.74, 6) is 0.332. The highest BCUT2D eigenvalue weighted by molar-refractivity contribution is 7.89. The van der Waals surface area contributed by atoms with E-state index in [-0.39, 0.29) is 16.3 Å². The number of sulfonamides is 1. The van der Waals surface area contributed by atoms with Gasteiger partial charge in [0.2, 0.25) is 10.0 Å². The van der Waals surface area contributed by atoms with Crippen molar-refractivity contribution in [1.29, 1.82) is 0 Å². The van der Waals surface area contributed by atoms with Crippen molar-refractivity contribution in [3.05, 3.63) is 18.2 Å². The van der Waals surface area contributed by atoms with Gasteiger partial charge in [-0.15, -0.1) is 0 Å². The highest BCUT2D eigenvalue weighted by atomic mass is 32.2. The summed E-state index contributed by atoms with van der Waals surface area (Å²) in [6.07, 6.45) is 4.53. The van der Waals surface area contributed by atoms with E-state index in [2.05, 4.69) is 4.72 Å². The number of phenols is 1. The third kappa shape index (κ3) is 2.94. The molecule has 6 heteroatoms. The first kappa shape index (κ1) is 13.2. The summed E-state index contributed by atoms with van der Waals surface area (Å²) in [6, 6.07) is 3.91. The molecule has 1 aliphatic rings. The van der Waals surface area contributed by atoms with Crippen LogP contribution in [-0.4, -0.2) is 20.1 Å². The molecule has 0 aromatic heterocycles. The lowest BCUT2D eigenvalue weighted by molar-refractivity contribution is 0.477. The van der Waals surface area contributed by atoms with Crippen molar-refractivity contribution in [3.63, 3.8) is 0 Å². The van der Waals surface area contributed by atoms with Gasteiger partial charge >= 0.3 is 0 Å². The number of phenolic OH excluding ortho intramolecular Hbond substituents is 1. The van der Waals surface area contributed by atoms with E-state index in [9.17, 15) is 13.5 Å². The summed E-state index contributed by atoms with van der Waals surface area (Å²) in [4.78, 5) is 0.0933. The molecule has 18 heavy (non-hydrogen) atoms. The number of aromatic hydroxyl groups is 1. The fraction of sp³-hybridized carbons (Fsp3) is 0.500. The van der Waals surface area contributed by atoms with Crippen LogP contribution >= 0.6 is 0 Å². The van der Waals surface area contributed by atoms with Crippen LogP contribution in [-0.2, 0) is 10.0 Å². The molecule has 1 aromatic rings. The fourth-order valence-corrected chi connectivity index (χ4v) is 3.38. The highest BCUT2D eigenvalue weighted by Gasteiger charge is 2.20. The Morgan fingerprint density at radius 3 is 2.61 bits per heavy atom. The van der Waals surface area contributed by atoms with E-state index in [1.54, 1.807) is 0 Å². The van der Waals surface area contributed by atoms with Crippen LogP contribution in [0, 0.1) is 5.92 Å². The maximum absolute atomic E-state index is 12.0. The van der Waals surface area contributed by atoms with Crippen LogP contribution in [0.4, 0.5) is 5.69 Å². The maximum Gasteiger partial charge on any atom is 0.240 e. The van der Waals surface area contributed by atoms with Gasteiger partial charge in [-0.25, -0.2) is 13.1 Å². The maximum atomic E-state index is 12.0. The SMILES string of the molecule is Nc1cc(S(=O)(=O)NCC2CCCC2)ccc1O. The van der Waals surface area contributed by atoms with Gasteiger partial charge in [0.1, 0.15) is 5.75 Å². The number of hydrogen-bond donors (Lipinski definition) is 3. The molecule has 1 saturated carbocycles. The lowest BCUT2D eigenvalue weighted by atomic mass is 10.1. The molecular formula is C12H18N2O3S. The minimum Gasteiger partial charge on any atom is -0.506 e. The Labute approximate surface area is 107 Å². The normalized spacial score (nSPS) is 17.1. The van der Waals surface area contributed by atoms with E-state index in [4.69, 9.17) is 5.73 Å². The predicted octanol–water partition coefficient (Wildman–Crippen LogP) is 1.44. The van der Waals surface area contributed by atoms with Gasteiger partial charge in [-0.2, -0.15) is 0 Å². The average molecular weight is 270 g/mol. The minimum absolute atomic E-state index is 0.0683. The van der Waals surface area contributed by atoms with E-state index >= 15 is 0 Å². The van der Waals surface area contributed by atoms with E-state index in [1.165, 1.54) is 31.0 Å². The van der Waals surface area contributed by atoms with Crippen LogP contribution in [0.25, 0.3) is 0 Å². The van der Waals surface area contributed by atoms with Crippen molar-refractivity contribution < 1.29 is 13.5 Å². The largest absolute Gasteiger partial charge is 0.506 e. The van der Waals surface area contributed by atoms with Crippen molar-refractivity contribution in [2.24, 2.45) is 5.92 Å². The Kier molecular flexibility index (Phi) is 3.77. The zero-order valence-corrected chi connectivity index (χ0v) is 10.9. The summed E-state index contributed by atoms with van der Waals surface area (Å²) in [5, 5.41) is 9.27. The number of rotatable bonds is 4. The van der Waals surface area contributed by atoms with Crippen LogP contribution in [0.15, 0.2) is 23.1 Å². The molecule has 0 aliphatic heterocycles. The third-order valence-electron chi connectivity index (χ3n) is 3.35. The number of hydrogen-bond acceptors (Lipinski definition) is 4. The van der Waals surface area contributed by atoms with Gasteiger partial charge in [0.05, 0.1) is 10.6 Å². The molecule has 100 valence electrons. The van der Waals surface area contributed by atoms with Gasteiger partial charge in [0.25, 0.3) is 0 Å². The summed E-state index contributed by atoms with van der Waals surface area (Å²) in [6.45, 7) is 0.475. The second-order valence-electron chi connectivity index (χ2n) is 4.72. The van der Waals surface area contributed by atoms with Gasteiger partial charge in [-0.3, -0.25) is 0 Å². The summed E-state index contributed by atoms with van der Waals surface area (Å²) in [5.41, 5.74) is 5.56. The average Bonchev–Trinajstić information content (AvgIpc) is 2.83. The second kappa shape index (κ2) is 5.16. The summed E-state index contributed by atoms with van der Waals surface area (Å²) >= 11 is 0. The molecule has 4 N–H and O–H groups in total. The molecule has 2 rings (SSSR count). The fourth-order valence-electron chi connectivity index (χ4n) is 2.23. The molecule has 0 amide bonds. The molecule has 1 aromatic carbocycles. The van der Waals surface area contributed by atoms with Crippen molar-refractivity contribution in [2.45, 2.75) is 30.6 Å². The quantitative estimate of drug-likeness (QED) is 0.570. The van der Waals surface area contributed by atoms with Crippen LogP contribution in [0.2, 0.25) is 0 Å². The third-order valence-corrected chi connectivity index (χ3v) is 4.77. The zero-order valence-electron chi connectivity index (χ0n) is 10.1.